The Morgan fingerprint density at radius 3 is 2.19 bits per heavy atom. The third-order valence-corrected chi connectivity index (χ3v) is 3.22. The summed E-state index contributed by atoms with van der Waals surface area (Å²) in [6.07, 6.45) is 0.0849. The lowest BCUT2D eigenvalue weighted by Gasteiger charge is -2.16. The van der Waals surface area contributed by atoms with Crippen LogP contribution in [0, 0.1) is 18.6 Å². The lowest BCUT2D eigenvalue weighted by atomic mass is 9.97. The van der Waals surface area contributed by atoms with Gasteiger partial charge in [-0.15, -0.1) is 0 Å². The smallest absolute Gasteiger partial charge is 0.131 e. The summed E-state index contributed by atoms with van der Waals surface area (Å²) in [7, 11) is 0. The highest BCUT2D eigenvalue weighted by Gasteiger charge is 2.16. The fourth-order valence-corrected chi connectivity index (χ4v) is 2.12. The van der Waals surface area contributed by atoms with Crippen molar-refractivity contribution in [3.05, 3.63) is 64.7 Å². The molecule has 4 heteroatoms. The first-order valence-corrected chi connectivity index (χ1v) is 6.86. The first-order valence-electron chi connectivity index (χ1n) is 6.86. The summed E-state index contributed by atoms with van der Waals surface area (Å²) in [4.78, 5) is 0. The number of hydrogen-bond acceptors (Lipinski definition) is 2. The summed E-state index contributed by atoms with van der Waals surface area (Å²) in [6, 6.07) is 8.86. The second-order valence-electron chi connectivity index (χ2n) is 5.34. The molecule has 0 heterocycles. The molecule has 2 N–H and O–H groups in total. The number of aryl methyl sites for hydroxylation is 1. The van der Waals surface area contributed by atoms with E-state index in [9.17, 15) is 8.78 Å². The fraction of sp³-hybridized carbons (Fsp3) is 0.294. The molecule has 0 bridgehead atoms. The Balaban J connectivity index is 2.27. The van der Waals surface area contributed by atoms with Crippen molar-refractivity contribution in [2.75, 3.05) is 0 Å². The van der Waals surface area contributed by atoms with Crippen molar-refractivity contribution in [2.24, 2.45) is 5.73 Å². The molecule has 2 aromatic rings. The van der Waals surface area contributed by atoms with Gasteiger partial charge in [-0.2, -0.15) is 0 Å². The van der Waals surface area contributed by atoms with Crippen molar-refractivity contribution < 1.29 is 13.5 Å². The van der Waals surface area contributed by atoms with Crippen LogP contribution in [0.15, 0.2) is 36.4 Å². The summed E-state index contributed by atoms with van der Waals surface area (Å²) in [6.45, 7) is 5.47. The van der Waals surface area contributed by atoms with E-state index in [0.717, 1.165) is 17.4 Å². The van der Waals surface area contributed by atoms with Crippen LogP contribution >= 0.6 is 0 Å². The first kappa shape index (κ1) is 15.4. The van der Waals surface area contributed by atoms with Crippen molar-refractivity contribution in [3.63, 3.8) is 0 Å². The summed E-state index contributed by atoms with van der Waals surface area (Å²) in [5, 5.41) is 0. The molecule has 112 valence electrons. The average molecular weight is 291 g/mol. The minimum Gasteiger partial charge on any atom is -0.491 e. The quantitative estimate of drug-likeness (QED) is 0.920. The minimum atomic E-state index is -0.641. The van der Waals surface area contributed by atoms with Gasteiger partial charge in [-0.25, -0.2) is 8.78 Å². The highest BCUT2D eigenvalue weighted by Crippen LogP contribution is 2.26. The topological polar surface area (TPSA) is 35.2 Å². The van der Waals surface area contributed by atoms with E-state index in [0.29, 0.717) is 5.56 Å². The second kappa shape index (κ2) is 6.22. The van der Waals surface area contributed by atoms with Crippen molar-refractivity contribution >= 4 is 0 Å². The number of hydrogen-bond donors (Lipinski definition) is 1. The standard InChI is InChI=1S/C17H19F2NO/c1-10(2)21-13-6-4-12(5-7-13)17(20)14-8-11(3)15(18)9-16(14)19/h4-10,17H,20H2,1-3H3. The molecule has 0 spiro atoms. The van der Waals surface area contributed by atoms with Crippen LogP contribution in [0.1, 0.15) is 36.6 Å². The largest absolute Gasteiger partial charge is 0.491 e. The van der Waals surface area contributed by atoms with Crippen LogP contribution in [0.25, 0.3) is 0 Å². The number of ether oxygens (including phenoxy) is 1. The van der Waals surface area contributed by atoms with E-state index in [1.165, 1.54) is 6.07 Å². The van der Waals surface area contributed by atoms with Crippen LogP contribution in [0.5, 0.6) is 5.75 Å². The molecule has 2 nitrogen and oxygen atoms in total. The van der Waals surface area contributed by atoms with Gasteiger partial charge in [0.25, 0.3) is 0 Å². The lowest BCUT2D eigenvalue weighted by molar-refractivity contribution is 0.242. The van der Waals surface area contributed by atoms with E-state index >= 15 is 0 Å². The molecule has 0 aliphatic heterocycles. The Bertz CT molecular complexity index is 623. The monoisotopic (exact) mass is 291 g/mol. The molecule has 0 radical (unpaired) electrons. The Morgan fingerprint density at radius 2 is 1.62 bits per heavy atom. The molecular weight excluding hydrogens is 272 g/mol. The zero-order chi connectivity index (χ0) is 15.6. The third kappa shape index (κ3) is 3.58. The van der Waals surface area contributed by atoms with E-state index in [1.54, 1.807) is 31.2 Å². The molecule has 0 saturated heterocycles. The summed E-state index contributed by atoms with van der Waals surface area (Å²) < 4.78 is 32.7. The van der Waals surface area contributed by atoms with Crippen molar-refractivity contribution in [2.45, 2.75) is 32.9 Å². The second-order valence-corrected chi connectivity index (χ2v) is 5.34. The maximum Gasteiger partial charge on any atom is 0.131 e. The van der Waals surface area contributed by atoms with Gasteiger partial charge in [0.05, 0.1) is 12.1 Å². The lowest BCUT2D eigenvalue weighted by Crippen LogP contribution is -2.14. The van der Waals surface area contributed by atoms with Crippen molar-refractivity contribution in [3.8, 4) is 5.75 Å². The van der Waals surface area contributed by atoms with E-state index < -0.39 is 17.7 Å². The van der Waals surface area contributed by atoms with Crippen LogP contribution in [0.4, 0.5) is 8.78 Å². The molecule has 0 saturated carbocycles. The fourth-order valence-electron chi connectivity index (χ4n) is 2.12. The van der Waals surface area contributed by atoms with E-state index in [-0.39, 0.29) is 11.7 Å². The molecule has 2 rings (SSSR count). The number of benzene rings is 2. The average Bonchev–Trinajstić information content (AvgIpc) is 2.42. The van der Waals surface area contributed by atoms with Gasteiger partial charge in [0, 0.05) is 11.6 Å². The van der Waals surface area contributed by atoms with Crippen LogP contribution in [-0.2, 0) is 0 Å². The van der Waals surface area contributed by atoms with Gasteiger partial charge in [0.2, 0.25) is 0 Å². The Kier molecular flexibility index (Phi) is 4.58. The summed E-state index contributed by atoms with van der Waals surface area (Å²) >= 11 is 0. The van der Waals surface area contributed by atoms with Gasteiger partial charge >= 0.3 is 0 Å². The highest BCUT2D eigenvalue weighted by molar-refractivity contribution is 5.37. The summed E-state index contributed by atoms with van der Waals surface area (Å²) in [5.41, 5.74) is 7.49. The van der Waals surface area contributed by atoms with Crippen LogP contribution in [0.3, 0.4) is 0 Å². The van der Waals surface area contributed by atoms with Crippen LogP contribution in [0.2, 0.25) is 0 Å². The molecule has 0 aliphatic rings. The van der Waals surface area contributed by atoms with Crippen molar-refractivity contribution in [1.29, 1.82) is 0 Å². The Morgan fingerprint density at radius 1 is 1.00 bits per heavy atom. The van der Waals surface area contributed by atoms with Gasteiger partial charge in [-0.1, -0.05) is 12.1 Å². The molecular formula is C17H19F2NO. The molecule has 1 unspecified atom stereocenters. The Labute approximate surface area is 123 Å². The maximum atomic E-state index is 13.9. The van der Waals surface area contributed by atoms with Crippen LogP contribution in [-0.4, -0.2) is 6.10 Å². The van der Waals surface area contributed by atoms with E-state index in [4.69, 9.17) is 10.5 Å². The van der Waals surface area contributed by atoms with Gasteiger partial charge in [0.15, 0.2) is 0 Å². The predicted octanol–water partition coefficient (Wildman–Crippen LogP) is 4.11. The molecule has 21 heavy (non-hydrogen) atoms. The Hall–Kier alpha value is -1.94. The number of rotatable bonds is 4. The van der Waals surface area contributed by atoms with Gasteiger partial charge in [0.1, 0.15) is 17.4 Å². The predicted molar refractivity (Wildman–Crippen MR) is 79.3 cm³/mol. The zero-order valence-corrected chi connectivity index (χ0v) is 12.4. The van der Waals surface area contributed by atoms with E-state index in [1.807, 2.05) is 13.8 Å². The molecule has 0 fully saturated rings. The summed E-state index contributed by atoms with van der Waals surface area (Å²) in [5.74, 6) is -0.464. The highest BCUT2D eigenvalue weighted by atomic mass is 19.1. The molecule has 1 atom stereocenters. The molecule has 0 aliphatic carbocycles. The molecule has 0 aromatic heterocycles. The van der Waals surface area contributed by atoms with Gasteiger partial charge < -0.3 is 10.5 Å². The van der Waals surface area contributed by atoms with Gasteiger partial charge in [-0.3, -0.25) is 0 Å². The molecule has 0 amide bonds. The van der Waals surface area contributed by atoms with E-state index in [2.05, 4.69) is 0 Å². The molecule has 2 aromatic carbocycles. The van der Waals surface area contributed by atoms with Gasteiger partial charge in [-0.05, 0) is 50.1 Å². The zero-order valence-electron chi connectivity index (χ0n) is 12.4. The SMILES string of the molecule is Cc1cc(C(N)c2ccc(OC(C)C)cc2)c(F)cc1F. The van der Waals surface area contributed by atoms with Crippen molar-refractivity contribution in [1.82, 2.24) is 0 Å². The third-order valence-electron chi connectivity index (χ3n) is 3.22. The maximum absolute atomic E-state index is 13.9. The normalized spacial score (nSPS) is 12.5. The minimum absolute atomic E-state index is 0.0849. The first-order chi connectivity index (χ1) is 9.88. The van der Waals surface area contributed by atoms with Crippen LogP contribution < -0.4 is 10.5 Å². The number of nitrogens with two attached hydrogens (primary N) is 1. The number of halogens is 2.